The molecular formula is C14H17NO4. The van der Waals surface area contributed by atoms with Crippen molar-refractivity contribution in [3.8, 4) is 0 Å². The Morgan fingerprint density at radius 2 is 2.11 bits per heavy atom. The van der Waals surface area contributed by atoms with Crippen LogP contribution >= 0.6 is 0 Å². The summed E-state index contributed by atoms with van der Waals surface area (Å²) in [4.78, 5) is 24.5. The number of methoxy groups -OCH3 is 1. The van der Waals surface area contributed by atoms with E-state index in [-0.39, 0.29) is 18.9 Å². The summed E-state index contributed by atoms with van der Waals surface area (Å²) in [7, 11) is 1.62. The number of benzene rings is 1. The minimum Gasteiger partial charge on any atom is -0.481 e. The number of carbonyl (C=O) groups excluding carboxylic acids is 1. The summed E-state index contributed by atoms with van der Waals surface area (Å²) in [5.41, 5.74) is 1.77. The highest BCUT2D eigenvalue weighted by molar-refractivity contribution is 5.95. The van der Waals surface area contributed by atoms with Crippen LogP contribution in [0.4, 0.5) is 5.69 Å². The number of carbonyl (C=O) groups is 2. The van der Waals surface area contributed by atoms with Gasteiger partial charge >= 0.3 is 5.97 Å². The molecule has 1 atom stereocenters. The topological polar surface area (TPSA) is 66.8 Å². The molecule has 5 heteroatoms. The average Bonchev–Trinajstić information content (AvgIpc) is 2.40. The Bertz CT molecular complexity index is 469. The van der Waals surface area contributed by atoms with Crippen LogP contribution < -0.4 is 4.90 Å². The first-order chi connectivity index (χ1) is 9.11. The van der Waals surface area contributed by atoms with Crippen LogP contribution in [-0.2, 0) is 20.9 Å². The maximum atomic E-state index is 11.9. The Hall–Kier alpha value is -1.88. The molecule has 102 valence electrons. The van der Waals surface area contributed by atoms with Crippen molar-refractivity contribution in [1.82, 2.24) is 0 Å². The maximum Gasteiger partial charge on any atom is 0.308 e. The summed E-state index contributed by atoms with van der Waals surface area (Å²) < 4.78 is 5.02. The van der Waals surface area contributed by atoms with Gasteiger partial charge in [-0.15, -0.1) is 0 Å². The van der Waals surface area contributed by atoms with Gasteiger partial charge in [-0.2, -0.15) is 0 Å². The van der Waals surface area contributed by atoms with Gasteiger partial charge in [-0.25, -0.2) is 0 Å². The zero-order valence-corrected chi connectivity index (χ0v) is 10.8. The molecule has 1 aliphatic heterocycles. The number of nitrogens with zero attached hydrogens (tertiary/aromatic N) is 1. The highest BCUT2D eigenvalue weighted by atomic mass is 16.5. The summed E-state index contributed by atoms with van der Waals surface area (Å²) in [6.07, 6.45) is 0.712. The molecule has 1 aliphatic rings. The summed E-state index contributed by atoms with van der Waals surface area (Å²) in [6.45, 7) is 0.768. The van der Waals surface area contributed by atoms with Gasteiger partial charge in [0.05, 0.1) is 12.5 Å². The van der Waals surface area contributed by atoms with E-state index in [0.717, 1.165) is 11.3 Å². The van der Waals surface area contributed by atoms with Crippen molar-refractivity contribution in [3.63, 3.8) is 0 Å². The van der Waals surface area contributed by atoms with Gasteiger partial charge in [-0.05, 0) is 24.1 Å². The second kappa shape index (κ2) is 5.84. The van der Waals surface area contributed by atoms with Gasteiger partial charge in [0.1, 0.15) is 0 Å². The van der Waals surface area contributed by atoms with Crippen molar-refractivity contribution in [1.29, 1.82) is 0 Å². The molecule has 1 N–H and O–H groups in total. The third-order valence-corrected chi connectivity index (χ3v) is 3.32. The first kappa shape index (κ1) is 13.5. The van der Waals surface area contributed by atoms with Crippen LogP contribution in [-0.4, -0.2) is 30.6 Å². The highest BCUT2D eigenvalue weighted by Crippen LogP contribution is 2.24. The van der Waals surface area contributed by atoms with Crippen molar-refractivity contribution in [2.45, 2.75) is 19.4 Å². The van der Waals surface area contributed by atoms with Crippen molar-refractivity contribution in [2.75, 3.05) is 18.6 Å². The Morgan fingerprint density at radius 3 is 2.68 bits per heavy atom. The number of ether oxygens (including phenoxy) is 1. The molecule has 1 amide bonds. The lowest BCUT2D eigenvalue weighted by atomic mass is 9.97. The molecule has 1 aromatic carbocycles. The predicted octanol–water partition coefficient (Wildman–Crippen LogP) is 1.66. The molecule has 0 spiro atoms. The van der Waals surface area contributed by atoms with Crippen molar-refractivity contribution >= 4 is 17.6 Å². The van der Waals surface area contributed by atoms with Gasteiger partial charge in [0.25, 0.3) is 0 Å². The summed E-state index contributed by atoms with van der Waals surface area (Å²) >= 11 is 0. The number of rotatable bonds is 4. The number of carboxylic acid groups (broad SMARTS) is 1. The molecule has 1 aromatic rings. The largest absolute Gasteiger partial charge is 0.481 e. The Balaban J connectivity index is 2.14. The fourth-order valence-corrected chi connectivity index (χ4v) is 2.24. The van der Waals surface area contributed by atoms with Crippen LogP contribution in [0.5, 0.6) is 0 Å². The van der Waals surface area contributed by atoms with Crippen LogP contribution in [0, 0.1) is 5.92 Å². The zero-order valence-electron chi connectivity index (χ0n) is 10.8. The number of carboxylic acids is 1. The van der Waals surface area contributed by atoms with Crippen LogP contribution in [0.3, 0.4) is 0 Å². The molecule has 0 aliphatic carbocycles. The Labute approximate surface area is 111 Å². The molecule has 1 unspecified atom stereocenters. The number of hydrogen-bond donors (Lipinski definition) is 1. The minimum absolute atomic E-state index is 0.0167. The third-order valence-electron chi connectivity index (χ3n) is 3.32. The quantitative estimate of drug-likeness (QED) is 0.897. The zero-order chi connectivity index (χ0) is 13.8. The maximum absolute atomic E-state index is 11.9. The van der Waals surface area contributed by atoms with Gasteiger partial charge in [-0.3, -0.25) is 9.59 Å². The van der Waals surface area contributed by atoms with Gasteiger partial charge in [0.2, 0.25) is 5.91 Å². The van der Waals surface area contributed by atoms with Gasteiger partial charge in [0.15, 0.2) is 0 Å². The lowest BCUT2D eigenvalue weighted by molar-refractivity contribution is -0.142. The van der Waals surface area contributed by atoms with Crippen LogP contribution in [0.2, 0.25) is 0 Å². The van der Waals surface area contributed by atoms with Crippen molar-refractivity contribution < 1.29 is 19.4 Å². The molecule has 0 radical (unpaired) electrons. The van der Waals surface area contributed by atoms with E-state index in [1.54, 1.807) is 12.0 Å². The molecule has 0 bridgehead atoms. The lowest BCUT2D eigenvalue weighted by Crippen LogP contribution is -2.42. The summed E-state index contributed by atoms with van der Waals surface area (Å²) in [5.74, 6) is -1.33. The second-order valence-electron chi connectivity index (χ2n) is 4.68. The van der Waals surface area contributed by atoms with E-state index >= 15 is 0 Å². The monoisotopic (exact) mass is 263 g/mol. The molecular weight excluding hydrogens is 246 g/mol. The van der Waals surface area contributed by atoms with E-state index in [1.807, 2.05) is 24.3 Å². The van der Waals surface area contributed by atoms with E-state index in [0.29, 0.717) is 13.0 Å². The molecule has 5 nitrogen and oxygen atoms in total. The highest BCUT2D eigenvalue weighted by Gasteiger charge is 2.30. The number of piperidine rings is 1. The summed E-state index contributed by atoms with van der Waals surface area (Å²) in [5, 5.41) is 9.05. The second-order valence-corrected chi connectivity index (χ2v) is 4.68. The molecule has 1 saturated heterocycles. The number of anilines is 1. The van der Waals surface area contributed by atoms with E-state index < -0.39 is 11.9 Å². The summed E-state index contributed by atoms with van der Waals surface area (Å²) in [6, 6.07) is 7.43. The molecule has 1 fully saturated rings. The van der Waals surface area contributed by atoms with Gasteiger partial charge < -0.3 is 14.7 Å². The Kier molecular flexibility index (Phi) is 4.16. The van der Waals surface area contributed by atoms with Crippen LogP contribution in [0.25, 0.3) is 0 Å². The fraction of sp³-hybridized carbons (Fsp3) is 0.429. The van der Waals surface area contributed by atoms with Crippen molar-refractivity contribution in [3.05, 3.63) is 29.8 Å². The third kappa shape index (κ3) is 3.12. The van der Waals surface area contributed by atoms with E-state index in [1.165, 1.54) is 0 Å². The molecule has 1 heterocycles. The van der Waals surface area contributed by atoms with Crippen LogP contribution in [0.1, 0.15) is 18.4 Å². The number of hydrogen-bond acceptors (Lipinski definition) is 3. The smallest absolute Gasteiger partial charge is 0.308 e. The first-order valence-corrected chi connectivity index (χ1v) is 6.23. The lowest BCUT2D eigenvalue weighted by Gasteiger charge is -2.30. The van der Waals surface area contributed by atoms with E-state index in [4.69, 9.17) is 9.84 Å². The molecule has 0 saturated carbocycles. The SMILES string of the molecule is COCc1ccc(N2CC(C(=O)O)CCC2=O)cc1. The van der Waals surface area contributed by atoms with Crippen molar-refractivity contribution in [2.24, 2.45) is 5.92 Å². The normalized spacial score (nSPS) is 19.5. The van der Waals surface area contributed by atoms with Gasteiger partial charge in [0, 0.05) is 25.8 Å². The predicted molar refractivity (Wildman–Crippen MR) is 69.9 cm³/mol. The average molecular weight is 263 g/mol. The minimum atomic E-state index is -0.839. The van der Waals surface area contributed by atoms with Gasteiger partial charge in [-0.1, -0.05) is 12.1 Å². The molecule has 19 heavy (non-hydrogen) atoms. The van der Waals surface area contributed by atoms with Crippen LogP contribution in [0.15, 0.2) is 24.3 Å². The number of amides is 1. The molecule has 2 rings (SSSR count). The fourth-order valence-electron chi connectivity index (χ4n) is 2.24. The molecule has 0 aromatic heterocycles. The standard InChI is InChI=1S/C14H17NO4/c1-19-9-10-2-5-12(6-3-10)15-8-11(14(17)18)4-7-13(15)16/h2-3,5-6,11H,4,7-9H2,1H3,(H,17,18). The first-order valence-electron chi connectivity index (χ1n) is 6.23. The Morgan fingerprint density at radius 1 is 1.42 bits per heavy atom. The van der Waals surface area contributed by atoms with E-state index in [2.05, 4.69) is 0 Å². The number of aliphatic carboxylic acids is 1. The van der Waals surface area contributed by atoms with E-state index in [9.17, 15) is 9.59 Å².